The molecule has 0 saturated heterocycles. The number of H-pyrrole nitrogens is 1. The van der Waals surface area contributed by atoms with E-state index < -0.39 is 10.5 Å². The van der Waals surface area contributed by atoms with Gasteiger partial charge in [-0.25, -0.2) is 4.98 Å². The molecule has 28 heavy (non-hydrogen) atoms. The summed E-state index contributed by atoms with van der Waals surface area (Å²) in [6.07, 6.45) is 1.22. The molecular formula is C19H19N5O4. The van der Waals surface area contributed by atoms with Gasteiger partial charge in [0.2, 0.25) is 5.91 Å². The Balaban J connectivity index is 1.83. The molecular weight excluding hydrogens is 362 g/mol. The number of aromatic amines is 1. The molecule has 0 bridgehead atoms. The first-order valence-corrected chi connectivity index (χ1v) is 8.53. The Morgan fingerprint density at radius 2 is 1.86 bits per heavy atom. The molecule has 3 aromatic rings. The highest BCUT2D eigenvalue weighted by Crippen LogP contribution is 2.28. The first kappa shape index (κ1) is 19.0. The van der Waals surface area contributed by atoms with E-state index in [0.29, 0.717) is 5.52 Å². The van der Waals surface area contributed by atoms with Crippen LogP contribution in [0.3, 0.4) is 0 Å². The van der Waals surface area contributed by atoms with Crippen molar-refractivity contribution in [2.75, 3.05) is 17.2 Å². The topological polar surface area (TPSA) is 130 Å². The highest BCUT2D eigenvalue weighted by atomic mass is 16.6. The van der Waals surface area contributed by atoms with Crippen LogP contribution in [-0.2, 0) is 4.79 Å². The van der Waals surface area contributed by atoms with E-state index in [-0.39, 0.29) is 29.2 Å². The SMILES string of the molecule is Cc1cc(C)c(NC(=O)CNc2cc3nc[nH]c(=O)c3cc2[N+](=O)[O-])c(C)c1. The smallest absolute Gasteiger partial charge is 0.293 e. The van der Waals surface area contributed by atoms with E-state index in [0.717, 1.165) is 28.4 Å². The van der Waals surface area contributed by atoms with Crippen molar-refractivity contribution in [3.8, 4) is 0 Å². The Labute approximate surface area is 160 Å². The first-order chi connectivity index (χ1) is 13.3. The summed E-state index contributed by atoms with van der Waals surface area (Å²) in [5, 5.41) is 17.1. The number of nitrogens with one attached hydrogen (secondary N) is 3. The number of anilines is 2. The molecule has 9 nitrogen and oxygen atoms in total. The molecule has 144 valence electrons. The molecule has 0 radical (unpaired) electrons. The van der Waals surface area contributed by atoms with E-state index in [4.69, 9.17) is 0 Å². The number of benzene rings is 2. The van der Waals surface area contributed by atoms with Gasteiger partial charge in [0.1, 0.15) is 5.69 Å². The molecule has 0 aliphatic heterocycles. The Bertz CT molecular complexity index is 1130. The van der Waals surface area contributed by atoms with Crippen LogP contribution in [0.4, 0.5) is 17.1 Å². The lowest BCUT2D eigenvalue weighted by molar-refractivity contribution is -0.383. The standard InChI is InChI=1S/C19H19N5O4/c1-10-4-11(2)18(12(3)5-10)23-17(25)8-20-15-7-14-13(6-16(15)24(27)28)19(26)22-9-21-14/h4-7,9,20H,8H2,1-3H3,(H,23,25)(H,21,22,26). The summed E-state index contributed by atoms with van der Waals surface area (Å²) in [7, 11) is 0. The fourth-order valence-corrected chi connectivity index (χ4v) is 3.13. The number of nitro benzene ring substituents is 1. The monoisotopic (exact) mass is 381 g/mol. The molecule has 0 saturated carbocycles. The minimum Gasteiger partial charge on any atom is -0.370 e. The van der Waals surface area contributed by atoms with Gasteiger partial charge in [-0.1, -0.05) is 17.7 Å². The van der Waals surface area contributed by atoms with E-state index in [1.54, 1.807) is 0 Å². The summed E-state index contributed by atoms with van der Waals surface area (Å²) in [4.78, 5) is 41.3. The average molecular weight is 381 g/mol. The summed E-state index contributed by atoms with van der Waals surface area (Å²) < 4.78 is 0. The number of nitrogens with zero attached hydrogens (tertiary/aromatic N) is 2. The molecule has 0 aliphatic rings. The molecule has 1 amide bonds. The Hall–Kier alpha value is -3.75. The predicted molar refractivity (Wildman–Crippen MR) is 107 cm³/mol. The van der Waals surface area contributed by atoms with Crippen molar-refractivity contribution in [2.24, 2.45) is 0 Å². The summed E-state index contributed by atoms with van der Waals surface area (Å²) in [6, 6.07) is 6.47. The summed E-state index contributed by atoms with van der Waals surface area (Å²) in [5.74, 6) is -0.344. The maximum absolute atomic E-state index is 12.4. The molecule has 9 heteroatoms. The number of fused-ring (bicyclic) bond motifs is 1. The minimum atomic E-state index is -0.611. The van der Waals surface area contributed by atoms with Gasteiger partial charge in [-0.05, 0) is 38.0 Å². The van der Waals surface area contributed by atoms with Gasteiger partial charge in [0.15, 0.2) is 0 Å². The molecule has 1 heterocycles. The third-order valence-electron chi connectivity index (χ3n) is 4.34. The zero-order valence-corrected chi connectivity index (χ0v) is 15.6. The number of hydrogen-bond acceptors (Lipinski definition) is 6. The molecule has 0 aliphatic carbocycles. The fourth-order valence-electron chi connectivity index (χ4n) is 3.13. The molecule has 0 atom stereocenters. The summed E-state index contributed by atoms with van der Waals surface area (Å²) in [6.45, 7) is 5.61. The molecule has 2 aromatic carbocycles. The third kappa shape index (κ3) is 3.83. The Morgan fingerprint density at radius 1 is 1.18 bits per heavy atom. The van der Waals surface area contributed by atoms with Gasteiger partial charge in [-0.3, -0.25) is 19.7 Å². The fraction of sp³-hybridized carbons (Fsp3) is 0.211. The zero-order valence-electron chi connectivity index (χ0n) is 15.6. The van der Waals surface area contributed by atoms with E-state index >= 15 is 0 Å². The van der Waals surface area contributed by atoms with Gasteiger partial charge in [-0.2, -0.15) is 0 Å². The van der Waals surface area contributed by atoms with Crippen molar-refractivity contribution in [2.45, 2.75) is 20.8 Å². The second kappa shape index (κ2) is 7.47. The number of carbonyl (C=O) groups is 1. The van der Waals surface area contributed by atoms with Crippen LogP contribution in [0, 0.1) is 30.9 Å². The van der Waals surface area contributed by atoms with E-state index in [9.17, 15) is 19.7 Å². The number of amides is 1. The van der Waals surface area contributed by atoms with Gasteiger partial charge < -0.3 is 15.6 Å². The molecule has 3 N–H and O–H groups in total. The van der Waals surface area contributed by atoms with Crippen LogP contribution < -0.4 is 16.2 Å². The van der Waals surface area contributed by atoms with Crippen molar-refractivity contribution in [1.29, 1.82) is 0 Å². The first-order valence-electron chi connectivity index (χ1n) is 8.53. The van der Waals surface area contributed by atoms with Gasteiger partial charge in [0.05, 0.1) is 28.7 Å². The lowest BCUT2D eigenvalue weighted by Gasteiger charge is -2.13. The predicted octanol–water partition coefficient (Wildman–Crippen LogP) is 2.81. The maximum atomic E-state index is 12.4. The van der Waals surface area contributed by atoms with Gasteiger partial charge >= 0.3 is 0 Å². The Kier molecular flexibility index (Phi) is 5.08. The van der Waals surface area contributed by atoms with E-state index in [1.807, 2.05) is 32.9 Å². The molecule has 3 rings (SSSR count). The maximum Gasteiger partial charge on any atom is 0.293 e. The van der Waals surface area contributed by atoms with Crippen molar-refractivity contribution in [3.63, 3.8) is 0 Å². The lowest BCUT2D eigenvalue weighted by Crippen LogP contribution is -2.23. The Morgan fingerprint density at radius 3 is 2.50 bits per heavy atom. The van der Waals surface area contributed by atoms with Crippen LogP contribution in [0.15, 0.2) is 35.4 Å². The third-order valence-corrected chi connectivity index (χ3v) is 4.34. The zero-order chi connectivity index (χ0) is 20.4. The second-order valence-corrected chi connectivity index (χ2v) is 6.55. The lowest BCUT2D eigenvalue weighted by atomic mass is 10.1. The van der Waals surface area contributed by atoms with E-state index in [2.05, 4.69) is 20.6 Å². The van der Waals surface area contributed by atoms with Crippen molar-refractivity contribution >= 4 is 33.9 Å². The van der Waals surface area contributed by atoms with Crippen LogP contribution in [0.1, 0.15) is 16.7 Å². The largest absolute Gasteiger partial charge is 0.370 e. The normalized spacial score (nSPS) is 10.7. The molecule has 1 aromatic heterocycles. The minimum absolute atomic E-state index is 0.107. The number of aryl methyl sites for hydroxylation is 3. The van der Waals surface area contributed by atoms with Crippen LogP contribution in [0.25, 0.3) is 10.9 Å². The van der Waals surface area contributed by atoms with Crippen LogP contribution in [0.2, 0.25) is 0 Å². The summed E-state index contributed by atoms with van der Waals surface area (Å²) >= 11 is 0. The van der Waals surface area contributed by atoms with Crippen molar-refractivity contribution in [3.05, 3.63) is 67.8 Å². The van der Waals surface area contributed by atoms with Crippen LogP contribution in [-0.4, -0.2) is 27.3 Å². The van der Waals surface area contributed by atoms with Gasteiger partial charge in [0, 0.05) is 11.8 Å². The number of rotatable bonds is 5. The number of aromatic nitrogens is 2. The number of hydrogen-bond donors (Lipinski definition) is 3. The van der Waals surface area contributed by atoms with E-state index in [1.165, 1.54) is 12.4 Å². The van der Waals surface area contributed by atoms with Crippen molar-refractivity contribution in [1.82, 2.24) is 9.97 Å². The van der Waals surface area contributed by atoms with Crippen molar-refractivity contribution < 1.29 is 9.72 Å². The summed E-state index contributed by atoms with van der Waals surface area (Å²) in [5.41, 5.74) is 3.32. The molecule has 0 fully saturated rings. The highest BCUT2D eigenvalue weighted by molar-refractivity contribution is 5.96. The van der Waals surface area contributed by atoms with Crippen LogP contribution in [0.5, 0.6) is 0 Å². The van der Waals surface area contributed by atoms with Gasteiger partial charge in [-0.15, -0.1) is 0 Å². The van der Waals surface area contributed by atoms with Gasteiger partial charge in [0.25, 0.3) is 11.2 Å². The molecule has 0 unspecified atom stereocenters. The average Bonchev–Trinajstić information content (AvgIpc) is 2.62. The quantitative estimate of drug-likeness (QED) is 0.460. The highest BCUT2D eigenvalue weighted by Gasteiger charge is 2.18. The second-order valence-electron chi connectivity index (χ2n) is 6.55. The number of carbonyl (C=O) groups excluding carboxylic acids is 1. The molecule has 0 spiro atoms. The van der Waals surface area contributed by atoms with Crippen LogP contribution >= 0.6 is 0 Å². The number of nitro groups is 1.